The summed E-state index contributed by atoms with van der Waals surface area (Å²) in [4.78, 5) is 44.6. The Morgan fingerprint density at radius 1 is 0.975 bits per heavy atom. The number of hydrogen-bond donors (Lipinski definition) is 2. The van der Waals surface area contributed by atoms with Crippen LogP contribution in [0, 0.1) is 6.92 Å². The van der Waals surface area contributed by atoms with Gasteiger partial charge >= 0.3 is 6.09 Å². The number of benzene rings is 4. The normalized spacial score (nSPS) is 14.8. The van der Waals surface area contributed by atoms with Crippen LogP contribution in [0.5, 0.6) is 0 Å². The maximum atomic E-state index is 13.3. The Morgan fingerprint density at radius 2 is 1.80 bits per heavy atom. The largest absolute Gasteiger partial charge is 0.447 e. The second-order valence-electron chi connectivity index (χ2n) is 10.0. The van der Waals surface area contributed by atoms with Crippen LogP contribution < -0.4 is 15.5 Å². The van der Waals surface area contributed by atoms with Crippen molar-refractivity contribution in [2.45, 2.75) is 13.5 Å². The number of halogens is 1. The lowest BCUT2D eigenvalue weighted by Gasteiger charge is -2.21. The number of amides is 3. The molecule has 198 valence electrons. The molecule has 0 atom stereocenters. The van der Waals surface area contributed by atoms with Gasteiger partial charge in [-0.2, -0.15) is 0 Å². The van der Waals surface area contributed by atoms with Crippen LogP contribution in [0.25, 0.3) is 32.9 Å². The Balaban J connectivity index is 1.40. The number of nitrogens with zero attached hydrogens (tertiary/aromatic N) is 2. The minimum Gasteiger partial charge on any atom is -0.447 e. The van der Waals surface area contributed by atoms with E-state index in [1.165, 1.54) is 0 Å². The van der Waals surface area contributed by atoms with Crippen LogP contribution in [-0.4, -0.2) is 36.0 Å². The number of aromatic amines is 1. The standard InChI is InChI=1S/C31H23ClN4O4/c1-16-20(3-2-4-26(16)36-15-17-13-18(32)5-7-21(17)30(36)38)22-9-10-24(29(33)37)28-27(22)23-8-6-19(14-25(23)34-28)35-11-12-40-31(35)39/h2-10,13-14,34H,11-12,15H2,1H3,(H2,33,37). The molecule has 2 aliphatic rings. The van der Waals surface area contributed by atoms with Crippen LogP contribution in [0.4, 0.5) is 16.2 Å². The minimum absolute atomic E-state index is 0.0683. The molecule has 1 saturated heterocycles. The lowest BCUT2D eigenvalue weighted by molar-refractivity contribution is 0.0990. The van der Waals surface area contributed by atoms with E-state index in [4.69, 9.17) is 22.1 Å². The predicted molar refractivity (Wildman–Crippen MR) is 155 cm³/mol. The maximum absolute atomic E-state index is 13.3. The van der Waals surface area contributed by atoms with Crippen LogP contribution in [-0.2, 0) is 11.3 Å². The molecule has 0 unspecified atom stereocenters. The molecule has 0 bridgehead atoms. The summed E-state index contributed by atoms with van der Waals surface area (Å²) in [5.74, 6) is -0.614. The Bertz CT molecular complexity index is 1930. The molecule has 0 radical (unpaired) electrons. The number of primary amides is 1. The summed E-state index contributed by atoms with van der Waals surface area (Å²) in [6.45, 7) is 3.24. The number of nitrogens with two attached hydrogens (primary N) is 1. The number of aromatic nitrogens is 1. The number of H-pyrrole nitrogens is 1. The molecule has 1 aromatic heterocycles. The first kappa shape index (κ1) is 24.2. The third kappa shape index (κ3) is 3.56. The van der Waals surface area contributed by atoms with E-state index in [2.05, 4.69) is 4.98 Å². The Kier molecular flexibility index (Phi) is 5.37. The van der Waals surface area contributed by atoms with Crippen molar-refractivity contribution < 1.29 is 19.1 Å². The first-order valence-electron chi connectivity index (χ1n) is 12.8. The number of carbonyl (C=O) groups excluding carboxylic acids is 3. The average Bonchev–Trinajstić information content (AvgIpc) is 3.62. The van der Waals surface area contributed by atoms with Crippen LogP contribution >= 0.6 is 11.6 Å². The zero-order chi connectivity index (χ0) is 27.7. The highest BCUT2D eigenvalue weighted by atomic mass is 35.5. The molecule has 2 aliphatic heterocycles. The Labute approximate surface area is 233 Å². The Morgan fingerprint density at radius 3 is 2.58 bits per heavy atom. The molecule has 0 aliphatic carbocycles. The highest BCUT2D eigenvalue weighted by molar-refractivity contribution is 6.31. The fraction of sp³-hybridized carbons (Fsp3) is 0.129. The number of hydrogen-bond acceptors (Lipinski definition) is 4. The lowest BCUT2D eigenvalue weighted by Crippen LogP contribution is -2.24. The summed E-state index contributed by atoms with van der Waals surface area (Å²) < 4.78 is 5.10. The molecule has 40 heavy (non-hydrogen) atoms. The summed E-state index contributed by atoms with van der Waals surface area (Å²) in [6.07, 6.45) is -0.387. The van der Waals surface area contributed by atoms with Gasteiger partial charge in [-0.15, -0.1) is 0 Å². The van der Waals surface area contributed by atoms with Crippen molar-refractivity contribution in [2.24, 2.45) is 5.73 Å². The molecule has 5 aromatic rings. The molecule has 1 fully saturated rings. The van der Waals surface area contributed by atoms with E-state index in [0.29, 0.717) is 47.1 Å². The molecule has 9 heteroatoms. The topological polar surface area (TPSA) is 109 Å². The molecular formula is C31H23ClN4O4. The Hall–Kier alpha value is -4.82. The van der Waals surface area contributed by atoms with E-state index in [-0.39, 0.29) is 12.0 Å². The summed E-state index contributed by atoms with van der Waals surface area (Å²) >= 11 is 6.19. The smallest absolute Gasteiger partial charge is 0.414 e. The first-order chi connectivity index (χ1) is 19.3. The third-order valence-electron chi connectivity index (χ3n) is 7.83. The van der Waals surface area contributed by atoms with E-state index in [0.717, 1.165) is 44.2 Å². The zero-order valence-corrected chi connectivity index (χ0v) is 22.2. The average molecular weight is 551 g/mol. The number of cyclic esters (lactones) is 1. The molecule has 3 N–H and O–H groups in total. The van der Waals surface area contributed by atoms with E-state index >= 15 is 0 Å². The van der Waals surface area contributed by atoms with Gasteiger partial charge in [-0.05, 0) is 71.6 Å². The van der Waals surface area contributed by atoms with Crippen LogP contribution in [0.2, 0.25) is 5.02 Å². The maximum Gasteiger partial charge on any atom is 0.414 e. The van der Waals surface area contributed by atoms with Gasteiger partial charge in [0.1, 0.15) is 6.61 Å². The monoisotopic (exact) mass is 550 g/mol. The summed E-state index contributed by atoms with van der Waals surface area (Å²) in [6, 6.07) is 20.5. The van der Waals surface area contributed by atoms with Gasteiger partial charge < -0.3 is 20.4 Å². The van der Waals surface area contributed by atoms with Crippen molar-refractivity contribution in [3.8, 4) is 11.1 Å². The van der Waals surface area contributed by atoms with Crippen LogP contribution in [0.3, 0.4) is 0 Å². The van der Waals surface area contributed by atoms with Gasteiger partial charge in [-0.3, -0.25) is 14.5 Å². The molecule has 7 rings (SSSR count). The van der Waals surface area contributed by atoms with Gasteiger partial charge in [-0.1, -0.05) is 35.9 Å². The number of carbonyl (C=O) groups is 3. The van der Waals surface area contributed by atoms with Crippen LogP contribution in [0.1, 0.15) is 31.8 Å². The molecular weight excluding hydrogens is 528 g/mol. The molecule has 0 saturated carbocycles. The van der Waals surface area contributed by atoms with E-state index < -0.39 is 5.91 Å². The van der Waals surface area contributed by atoms with Crippen molar-refractivity contribution in [1.82, 2.24) is 4.98 Å². The number of nitrogens with one attached hydrogen (secondary N) is 1. The van der Waals surface area contributed by atoms with E-state index in [9.17, 15) is 14.4 Å². The van der Waals surface area contributed by atoms with E-state index in [1.807, 2.05) is 55.5 Å². The van der Waals surface area contributed by atoms with Crippen molar-refractivity contribution in [3.63, 3.8) is 0 Å². The van der Waals surface area contributed by atoms with Gasteiger partial charge in [0.15, 0.2) is 0 Å². The van der Waals surface area contributed by atoms with Gasteiger partial charge in [0.05, 0.1) is 24.2 Å². The number of rotatable bonds is 4. The summed E-state index contributed by atoms with van der Waals surface area (Å²) in [7, 11) is 0. The third-order valence-corrected chi connectivity index (χ3v) is 8.07. The fourth-order valence-corrected chi connectivity index (χ4v) is 6.11. The molecule has 8 nitrogen and oxygen atoms in total. The molecule has 0 spiro atoms. The second kappa shape index (κ2) is 8.86. The van der Waals surface area contributed by atoms with Gasteiger partial charge in [0.2, 0.25) is 0 Å². The van der Waals surface area contributed by atoms with Crippen molar-refractivity contribution in [3.05, 3.63) is 94.0 Å². The minimum atomic E-state index is -0.545. The van der Waals surface area contributed by atoms with Crippen molar-refractivity contribution in [1.29, 1.82) is 0 Å². The van der Waals surface area contributed by atoms with Gasteiger partial charge in [0.25, 0.3) is 11.8 Å². The van der Waals surface area contributed by atoms with E-state index in [1.54, 1.807) is 28.0 Å². The highest BCUT2D eigenvalue weighted by Crippen LogP contribution is 2.42. The first-order valence-corrected chi connectivity index (χ1v) is 13.2. The zero-order valence-electron chi connectivity index (χ0n) is 21.5. The van der Waals surface area contributed by atoms with Crippen LogP contribution in [0.15, 0.2) is 66.7 Å². The number of ether oxygens (including phenoxy) is 1. The van der Waals surface area contributed by atoms with Gasteiger partial charge in [-0.25, -0.2) is 4.79 Å². The highest BCUT2D eigenvalue weighted by Gasteiger charge is 2.30. The van der Waals surface area contributed by atoms with Crippen molar-refractivity contribution in [2.75, 3.05) is 23.0 Å². The quantitative estimate of drug-likeness (QED) is 0.279. The molecule has 3 heterocycles. The summed E-state index contributed by atoms with van der Waals surface area (Å²) in [5, 5.41) is 2.32. The number of anilines is 2. The fourth-order valence-electron chi connectivity index (χ4n) is 5.92. The van der Waals surface area contributed by atoms with Crippen molar-refractivity contribution >= 4 is 62.7 Å². The lowest BCUT2D eigenvalue weighted by atomic mass is 9.93. The predicted octanol–water partition coefficient (Wildman–Crippen LogP) is 6.17. The van der Waals surface area contributed by atoms with Gasteiger partial charge in [0, 0.05) is 38.3 Å². The molecule has 3 amide bonds. The number of fused-ring (bicyclic) bond motifs is 4. The SMILES string of the molecule is Cc1c(-c2ccc(C(N)=O)c3[nH]c4cc(N5CCOC5=O)ccc4c23)cccc1N1Cc2cc(Cl)ccc2C1=O. The molecule has 4 aromatic carbocycles. The second-order valence-corrected chi connectivity index (χ2v) is 10.5. The summed E-state index contributed by atoms with van der Waals surface area (Å²) in [5.41, 5.74) is 13.3.